The summed E-state index contributed by atoms with van der Waals surface area (Å²) in [4.78, 5) is 13.9. The minimum Gasteiger partial charge on any atom is -0.341 e. The summed E-state index contributed by atoms with van der Waals surface area (Å²) in [6.45, 7) is 2.93. The zero-order valence-corrected chi connectivity index (χ0v) is 13.0. The van der Waals surface area contributed by atoms with E-state index >= 15 is 0 Å². The topological polar surface area (TPSA) is 32.3 Å². The summed E-state index contributed by atoms with van der Waals surface area (Å²) in [5.41, 5.74) is 1.19. The van der Waals surface area contributed by atoms with Crippen molar-refractivity contribution in [2.24, 2.45) is 5.92 Å². The molecule has 0 saturated carbocycles. The molecule has 0 atom stereocenters. The van der Waals surface area contributed by atoms with Crippen molar-refractivity contribution in [2.75, 3.05) is 20.1 Å². The van der Waals surface area contributed by atoms with E-state index in [-0.39, 0.29) is 18.3 Å². The van der Waals surface area contributed by atoms with E-state index in [4.69, 9.17) is 0 Å². The molecule has 1 heterocycles. The van der Waals surface area contributed by atoms with Crippen molar-refractivity contribution in [2.45, 2.75) is 32.2 Å². The number of nitrogens with zero attached hydrogens (tertiary/aromatic N) is 1. The lowest BCUT2D eigenvalue weighted by Crippen LogP contribution is -2.30. The average Bonchev–Trinajstić information content (AvgIpc) is 2.47. The van der Waals surface area contributed by atoms with Crippen LogP contribution < -0.4 is 5.32 Å². The molecule has 0 radical (unpaired) electrons. The van der Waals surface area contributed by atoms with Crippen molar-refractivity contribution in [3.63, 3.8) is 0 Å². The fraction of sp³-hybridized carbons (Fsp3) is 0.562. The van der Waals surface area contributed by atoms with E-state index in [1.807, 2.05) is 30.1 Å². The number of amides is 1. The molecule has 20 heavy (non-hydrogen) atoms. The van der Waals surface area contributed by atoms with Crippen LogP contribution in [0, 0.1) is 5.92 Å². The number of rotatable bonds is 5. The van der Waals surface area contributed by atoms with Gasteiger partial charge in [0.05, 0.1) is 0 Å². The molecule has 0 aromatic heterocycles. The first kappa shape index (κ1) is 17.0. The van der Waals surface area contributed by atoms with Crippen molar-refractivity contribution in [1.29, 1.82) is 0 Å². The highest BCUT2D eigenvalue weighted by Gasteiger charge is 2.16. The smallest absolute Gasteiger partial charge is 0.222 e. The molecule has 1 amide bonds. The summed E-state index contributed by atoms with van der Waals surface area (Å²) in [7, 11) is 1.90. The van der Waals surface area contributed by atoms with Crippen molar-refractivity contribution in [3.05, 3.63) is 35.9 Å². The van der Waals surface area contributed by atoms with Gasteiger partial charge in [-0.05, 0) is 43.8 Å². The van der Waals surface area contributed by atoms with E-state index in [2.05, 4.69) is 17.4 Å². The largest absolute Gasteiger partial charge is 0.341 e. The molecule has 1 N–H and O–H groups in total. The second-order valence-electron chi connectivity index (χ2n) is 5.47. The lowest BCUT2D eigenvalue weighted by Gasteiger charge is -2.23. The molecule has 112 valence electrons. The number of piperidine rings is 1. The van der Waals surface area contributed by atoms with Crippen LogP contribution in [0.15, 0.2) is 30.3 Å². The Bertz CT molecular complexity index is 391. The zero-order valence-electron chi connectivity index (χ0n) is 12.2. The highest BCUT2D eigenvalue weighted by molar-refractivity contribution is 5.85. The fourth-order valence-corrected chi connectivity index (χ4v) is 2.63. The summed E-state index contributed by atoms with van der Waals surface area (Å²) in [5.74, 6) is 0.998. The van der Waals surface area contributed by atoms with Gasteiger partial charge in [0.2, 0.25) is 5.91 Å². The van der Waals surface area contributed by atoms with Gasteiger partial charge in [0.25, 0.3) is 0 Å². The predicted molar refractivity (Wildman–Crippen MR) is 85.0 cm³/mol. The predicted octanol–water partition coefficient (Wildman–Crippen LogP) is 2.85. The summed E-state index contributed by atoms with van der Waals surface area (Å²) in [6, 6.07) is 10.2. The van der Waals surface area contributed by atoms with Crippen LogP contribution in [0.25, 0.3) is 0 Å². The Morgan fingerprint density at radius 3 is 2.55 bits per heavy atom. The highest BCUT2D eigenvalue weighted by atomic mass is 35.5. The average molecular weight is 297 g/mol. The van der Waals surface area contributed by atoms with Gasteiger partial charge in [-0.3, -0.25) is 4.79 Å². The van der Waals surface area contributed by atoms with Gasteiger partial charge >= 0.3 is 0 Å². The molecule has 1 aromatic carbocycles. The maximum Gasteiger partial charge on any atom is 0.222 e. The Labute approximate surface area is 128 Å². The molecule has 0 unspecified atom stereocenters. The van der Waals surface area contributed by atoms with Crippen LogP contribution in [-0.2, 0) is 11.3 Å². The van der Waals surface area contributed by atoms with Gasteiger partial charge in [-0.15, -0.1) is 12.4 Å². The number of carbonyl (C=O) groups is 1. The molecular formula is C16H25ClN2O. The van der Waals surface area contributed by atoms with Gasteiger partial charge in [-0.1, -0.05) is 30.3 Å². The van der Waals surface area contributed by atoms with Crippen LogP contribution in [0.4, 0.5) is 0 Å². The molecule has 1 aliphatic heterocycles. The molecule has 3 nitrogen and oxygen atoms in total. The molecule has 4 heteroatoms. The lowest BCUT2D eigenvalue weighted by atomic mass is 9.93. The third-order valence-corrected chi connectivity index (χ3v) is 3.91. The quantitative estimate of drug-likeness (QED) is 0.906. The maximum absolute atomic E-state index is 12.1. The van der Waals surface area contributed by atoms with Crippen molar-refractivity contribution >= 4 is 18.3 Å². The van der Waals surface area contributed by atoms with E-state index in [1.54, 1.807) is 0 Å². The molecular weight excluding hydrogens is 272 g/mol. The molecule has 0 spiro atoms. The van der Waals surface area contributed by atoms with Crippen LogP contribution in [0.3, 0.4) is 0 Å². The third-order valence-electron chi connectivity index (χ3n) is 3.91. The van der Waals surface area contributed by atoms with E-state index in [1.165, 1.54) is 18.4 Å². The van der Waals surface area contributed by atoms with Crippen LogP contribution in [-0.4, -0.2) is 30.9 Å². The second-order valence-corrected chi connectivity index (χ2v) is 5.47. The first-order valence-corrected chi connectivity index (χ1v) is 7.24. The lowest BCUT2D eigenvalue weighted by molar-refractivity contribution is -0.130. The molecule has 2 rings (SSSR count). The van der Waals surface area contributed by atoms with Gasteiger partial charge in [0, 0.05) is 20.0 Å². The van der Waals surface area contributed by atoms with Gasteiger partial charge < -0.3 is 10.2 Å². The maximum atomic E-state index is 12.1. The first-order valence-electron chi connectivity index (χ1n) is 7.24. The van der Waals surface area contributed by atoms with Crippen LogP contribution in [0.5, 0.6) is 0 Å². The normalized spacial score (nSPS) is 15.4. The summed E-state index contributed by atoms with van der Waals surface area (Å²) >= 11 is 0. The van der Waals surface area contributed by atoms with E-state index in [0.29, 0.717) is 13.0 Å². The highest BCUT2D eigenvalue weighted by Crippen LogP contribution is 2.18. The second kappa shape index (κ2) is 8.98. The SMILES string of the molecule is CN(Cc1ccccc1)C(=O)CCC1CCNCC1.Cl. The van der Waals surface area contributed by atoms with E-state index < -0.39 is 0 Å². The summed E-state index contributed by atoms with van der Waals surface area (Å²) in [5, 5.41) is 3.36. The van der Waals surface area contributed by atoms with E-state index in [9.17, 15) is 4.79 Å². The van der Waals surface area contributed by atoms with Gasteiger partial charge in [0.1, 0.15) is 0 Å². The minimum atomic E-state index is 0. The molecule has 0 bridgehead atoms. The molecule has 0 aliphatic carbocycles. The Hall–Kier alpha value is -1.06. The summed E-state index contributed by atoms with van der Waals surface area (Å²) in [6.07, 6.45) is 4.17. The fourth-order valence-electron chi connectivity index (χ4n) is 2.63. The number of carbonyl (C=O) groups excluding carboxylic acids is 1. The van der Waals surface area contributed by atoms with Crippen LogP contribution >= 0.6 is 12.4 Å². The van der Waals surface area contributed by atoms with Gasteiger partial charge in [-0.2, -0.15) is 0 Å². The van der Waals surface area contributed by atoms with Gasteiger partial charge in [-0.25, -0.2) is 0 Å². The minimum absolute atomic E-state index is 0. The van der Waals surface area contributed by atoms with Crippen LogP contribution in [0.1, 0.15) is 31.2 Å². The van der Waals surface area contributed by atoms with Crippen molar-refractivity contribution in [1.82, 2.24) is 10.2 Å². The number of benzene rings is 1. The first-order chi connectivity index (χ1) is 9.25. The Morgan fingerprint density at radius 2 is 1.90 bits per heavy atom. The molecule has 1 fully saturated rings. The molecule has 1 saturated heterocycles. The van der Waals surface area contributed by atoms with Crippen molar-refractivity contribution in [3.8, 4) is 0 Å². The number of nitrogens with one attached hydrogen (secondary N) is 1. The number of hydrogen-bond donors (Lipinski definition) is 1. The Balaban J connectivity index is 0.00000200. The number of hydrogen-bond acceptors (Lipinski definition) is 2. The summed E-state index contributed by atoms with van der Waals surface area (Å²) < 4.78 is 0. The standard InChI is InChI=1S/C16H24N2O.ClH/c1-18(13-15-5-3-2-4-6-15)16(19)8-7-14-9-11-17-12-10-14;/h2-6,14,17H,7-13H2,1H3;1H. The van der Waals surface area contributed by atoms with Gasteiger partial charge in [0.15, 0.2) is 0 Å². The molecule has 1 aliphatic rings. The van der Waals surface area contributed by atoms with E-state index in [0.717, 1.165) is 25.4 Å². The van der Waals surface area contributed by atoms with Crippen molar-refractivity contribution < 1.29 is 4.79 Å². The zero-order chi connectivity index (χ0) is 13.5. The third kappa shape index (κ3) is 5.51. The van der Waals surface area contributed by atoms with Crippen LogP contribution in [0.2, 0.25) is 0 Å². The monoisotopic (exact) mass is 296 g/mol. The Morgan fingerprint density at radius 1 is 1.25 bits per heavy atom. The molecule has 1 aromatic rings. The number of halogens is 1. The Kier molecular flexibility index (Phi) is 7.63.